The highest BCUT2D eigenvalue weighted by Crippen LogP contribution is 2.47. The minimum Gasteiger partial charge on any atom is -0.497 e. The number of amides is 2. The van der Waals surface area contributed by atoms with Crippen LogP contribution < -0.4 is 10.1 Å². The maximum atomic E-state index is 14.3. The summed E-state index contributed by atoms with van der Waals surface area (Å²) >= 11 is 13.1. The highest BCUT2D eigenvalue weighted by molar-refractivity contribution is 6.35. The van der Waals surface area contributed by atoms with Crippen molar-refractivity contribution >= 4 is 40.8 Å². The first kappa shape index (κ1) is 36.6. The molecule has 4 aromatic rings. The van der Waals surface area contributed by atoms with Crippen LogP contribution in [0.15, 0.2) is 91.0 Å². The molecule has 4 aromatic carbocycles. The highest BCUT2D eigenvalue weighted by Gasteiger charge is 2.48. The molecule has 51 heavy (non-hydrogen) atoms. The fourth-order valence-corrected chi connectivity index (χ4v) is 8.14. The number of ketones is 1. The lowest BCUT2D eigenvalue weighted by Crippen LogP contribution is -2.55. The van der Waals surface area contributed by atoms with Crippen molar-refractivity contribution < 1.29 is 24.2 Å². The second-order valence-electron chi connectivity index (χ2n) is 13.6. The summed E-state index contributed by atoms with van der Waals surface area (Å²) in [6, 6.07) is 27.0. The largest absolute Gasteiger partial charge is 0.497 e. The fourth-order valence-electron chi connectivity index (χ4n) is 7.62. The number of carbonyl (C=O) groups is 3. The second-order valence-corrected chi connectivity index (χ2v) is 14.4. The van der Waals surface area contributed by atoms with Crippen LogP contribution in [0.3, 0.4) is 0 Å². The van der Waals surface area contributed by atoms with Crippen LogP contribution in [0, 0.1) is 0 Å². The van der Waals surface area contributed by atoms with Crippen molar-refractivity contribution in [1.82, 2.24) is 10.2 Å². The summed E-state index contributed by atoms with van der Waals surface area (Å²) in [5.41, 5.74) is 4.85. The summed E-state index contributed by atoms with van der Waals surface area (Å²) in [6.45, 7) is 0.359. The first-order chi connectivity index (χ1) is 24.7. The summed E-state index contributed by atoms with van der Waals surface area (Å²) < 4.78 is 5.22. The van der Waals surface area contributed by atoms with Gasteiger partial charge in [-0.15, -0.1) is 0 Å². The molecular formula is C42H44Cl2N2O5. The van der Waals surface area contributed by atoms with Crippen molar-refractivity contribution in [3.8, 4) is 5.75 Å². The fraction of sp³-hybridized carbons (Fsp3) is 0.357. The van der Waals surface area contributed by atoms with Crippen LogP contribution in [0.25, 0.3) is 0 Å². The van der Waals surface area contributed by atoms with Crippen molar-refractivity contribution in [2.24, 2.45) is 0 Å². The first-order valence-electron chi connectivity index (χ1n) is 17.8. The van der Waals surface area contributed by atoms with E-state index in [1.807, 2.05) is 60.7 Å². The van der Waals surface area contributed by atoms with Gasteiger partial charge < -0.3 is 20.1 Å². The van der Waals surface area contributed by atoms with Crippen LogP contribution in [0.1, 0.15) is 88.7 Å². The lowest BCUT2D eigenvalue weighted by atomic mass is 9.76. The van der Waals surface area contributed by atoms with E-state index >= 15 is 0 Å². The molecule has 0 saturated heterocycles. The summed E-state index contributed by atoms with van der Waals surface area (Å²) in [5.74, 6) is -0.208. The van der Waals surface area contributed by atoms with Gasteiger partial charge in [-0.25, -0.2) is 0 Å². The molecule has 1 aliphatic heterocycles. The van der Waals surface area contributed by atoms with Crippen LogP contribution in [0.5, 0.6) is 5.75 Å². The number of aryl methyl sites for hydroxylation is 1. The summed E-state index contributed by atoms with van der Waals surface area (Å²) in [6.07, 6.45) is 5.31. The number of fused-ring (bicyclic) bond motifs is 1. The smallest absolute Gasteiger partial charge is 0.255 e. The Bertz CT molecular complexity index is 1860. The molecule has 0 spiro atoms. The molecular weight excluding hydrogens is 683 g/mol. The number of nitrogens with one attached hydrogen (secondary N) is 1. The van der Waals surface area contributed by atoms with E-state index in [9.17, 15) is 19.5 Å². The number of benzene rings is 4. The van der Waals surface area contributed by atoms with E-state index in [1.54, 1.807) is 42.3 Å². The van der Waals surface area contributed by atoms with Crippen LogP contribution in [0.4, 0.5) is 0 Å². The van der Waals surface area contributed by atoms with Crippen LogP contribution in [-0.4, -0.2) is 53.4 Å². The third-order valence-corrected chi connectivity index (χ3v) is 10.7. The van der Waals surface area contributed by atoms with Crippen molar-refractivity contribution in [2.75, 3.05) is 13.7 Å². The zero-order valence-electron chi connectivity index (χ0n) is 28.8. The maximum absolute atomic E-state index is 14.3. The van der Waals surface area contributed by atoms with E-state index in [0.717, 1.165) is 42.6 Å². The van der Waals surface area contributed by atoms with E-state index in [4.69, 9.17) is 27.9 Å². The van der Waals surface area contributed by atoms with E-state index in [0.29, 0.717) is 65.4 Å². The first-order valence-corrected chi connectivity index (χ1v) is 18.5. The van der Waals surface area contributed by atoms with Gasteiger partial charge in [0.05, 0.1) is 31.2 Å². The van der Waals surface area contributed by atoms with Gasteiger partial charge in [0, 0.05) is 35.0 Å². The molecule has 266 valence electrons. The Balaban J connectivity index is 1.15. The molecule has 1 saturated carbocycles. The van der Waals surface area contributed by atoms with Gasteiger partial charge in [-0.2, -0.15) is 0 Å². The zero-order chi connectivity index (χ0) is 35.9. The number of halogens is 2. The zero-order valence-corrected chi connectivity index (χ0v) is 30.3. The molecule has 0 bridgehead atoms. The van der Waals surface area contributed by atoms with Gasteiger partial charge >= 0.3 is 0 Å². The van der Waals surface area contributed by atoms with Gasteiger partial charge in [0.1, 0.15) is 11.5 Å². The van der Waals surface area contributed by atoms with Crippen LogP contribution in [0.2, 0.25) is 10.0 Å². The number of aliphatic hydroxyl groups excluding tert-OH is 1. The molecule has 9 heteroatoms. The standard InChI is InChI=1S/C42H44Cl2N2O5/c1-51-32-19-16-27(17-20-32)8-7-11-31(47)25-29-10-6-9-28(24-29)22-23-45-41(49)39-33-12-2-3-13-34(33)42(50)46(37-14-4-5-15-38(37)48)40(39)35-21-18-30(43)26-36(35)44/h2-3,6,9-10,12-13,16-21,24,26,37-40,48H,4-5,7-8,11,14-15,22-23,25H2,1H3,(H,45,49)/t37-,38-,39+,40-/m0/s1. The molecule has 1 fully saturated rings. The van der Waals surface area contributed by atoms with E-state index < -0.39 is 24.1 Å². The topological polar surface area (TPSA) is 95.9 Å². The third-order valence-electron chi connectivity index (χ3n) is 10.2. The van der Waals surface area contributed by atoms with Crippen molar-refractivity contribution in [1.29, 1.82) is 0 Å². The summed E-state index contributed by atoms with van der Waals surface area (Å²) in [5, 5.41) is 15.1. The molecule has 2 N–H and O–H groups in total. The average molecular weight is 728 g/mol. The van der Waals surface area contributed by atoms with Gasteiger partial charge in [0.2, 0.25) is 5.91 Å². The molecule has 7 nitrogen and oxygen atoms in total. The van der Waals surface area contributed by atoms with Gasteiger partial charge in [-0.05, 0) is 90.3 Å². The normalized spacial score (nSPS) is 20.1. The SMILES string of the molecule is COc1ccc(CCCC(=O)Cc2cccc(CCNC(=O)[C@@H]3c4ccccc4C(=O)N([C@H]4CCCC[C@@H]4O)[C@H]3c3ccc(Cl)cc3Cl)c2)cc1. The average Bonchev–Trinajstić information content (AvgIpc) is 3.12. The Morgan fingerprint density at radius 1 is 0.863 bits per heavy atom. The Hall–Kier alpha value is -4.17. The molecule has 0 unspecified atom stereocenters. The minimum absolute atomic E-state index is 0.194. The number of aliphatic hydroxyl groups is 1. The number of nitrogens with zero attached hydrogens (tertiary/aromatic N) is 1. The highest BCUT2D eigenvalue weighted by atomic mass is 35.5. The molecule has 6 rings (SSSR count). The molecule has 0 radical (unpaired) electrons. The van der Waals surface area contributed by atoms with Gasteiger partial charge in [-0.1, -0.05) is 96.7 Å². The Morgan fingerprint density at radius 3 is 2.39 bits per heavy atom. The number of methoxy groups -OCH3 is 1. The third kappa shape index (κ3) is 8.66. The van der Waals surface area contributed by atoms with Gasteiger partial charge in [0.25, 0.3) is 5.91 Å². The van der Waals surface area contributed by atoms with Crippen molar-refractivity contribution in [3.63, 3.8) is 0 Å². The van der Waals surface area contributed by atoms with Crippen LogP contribution in [-0.2, 0) is 28.9 Å². The lowest BCUT2D eigenvalue weighted by Gasteiger charge is -2.48. The van der Waals surface area contributed by atoms with E-state index in [1.165, 1.54) is 5.56 Å². The van der Waals surface area contributed by atoms with Crippen molar-refractivity contribution in [3.05, 3.63) is 134 Å². The van der Waals surface area contributed by atoms with E-state index in [-0.39, 0.29) is 17.6 Å². The van der Waals surface area contributed by atoms with Crippen molar-refractivity contribution in [2.45, 2.75) is 81.9 Å². The molecule has 0 aromatic heterocycles. The number of Topliss-reactive ketones (excluding diaryl/α,β-unsaturated/α-hetero) is 1. The predicted octanol–water partition coefficient (Wildman–Crippen LogP) is 8.08. The Kier molecular flexibility index (Phi) is 12.1. The number of ether oxygens (including phenoxy) is 1. The predicted molar refractivity (Wildman–Crippen MR) is 201 cm³/mol. The quantitative estimate of drug-likeness (QED) is 0.145. The summed E-state index contributed by atoms with van der Waals surface area (Å²) in [4.78, 5) is 43.1. The molecule has 4 atom stereocenters. The number of hydrogen-bond donors (Lipinski definition) is 2. The lowest BCUT2D eigenvalue weighted by molar-refractivity contribution is -0.125. The molecule has 1 heterocycles. The molecule has 2 aliphatic rings. The Labute approximate surface area is 309 Å². The minimum atomic E-state index is -0.770. The number of rotatable bonds is 13. The van der Waals surface area contributed by atoms with E-state index in [2.05, 4.69) is 5.32 Å². The van der Waals surface area contributed by atoms with Gasteiger partial charge in [-0.3, -0.25) is 14.4 Å². The van der Waals surface area contributed by atoms with Gasteiger partial charge in [0.15, 0.2) is 0 Å². The monoisotopic (exact) mass is 726 g/mol. The van der Waals surface area contributed by atoms with Crippen LogP contribution >= 0.6 is 23.2 Å². The molecule has 1 aliphatic carbocycles. The maximum Gasteiger partial charge on any atom is 0.255 e. The molecule has 2 amide bonds. The number of carbonyl (C=O) groups excluding carboxylic acids is 3. The summed E-state index contributed by atoms with van der Waals surface area (Å²) in [7, 11) is 1.65. The second kappa shape index (κ2) is 16.9. The number of hydrogen-bond acceptors (Lipinski definition) is 5. The Morgan fingerprint density at radius 2 is 1.63 bits per heavy atom.